The molecular weight excluding hydrogens is 258 g/mol. The summed E-state index contributed by atoms with van der Waals surface area (Å²) in [5, 5.41) is 0. The van der Waals surface area contributed by atoms with Crippen LogP contribution in [0.2, 0.25) is 0 Å². The molecule has 2 aromatic heterocycles. The van der Waals surface area contributed by atoms with Gasteiger partial charge in [0, 0.05) is 6.20 Å². The monoisotopic (exact) mass is 271 g/mol. The summed E-state index contributed by atoms with van der Waals surface area (Å²) in [6.07, 6.45) is 3.62. The van der Waals surface area contributed by atoms with E-state index in [0.717, 1.165) is 28.2 Å². The van der Waals surface area contributed by atoms with Gasteiger partial charge < -0.3 is 4.74 Å². The van der Waals surface area contributed by atoms with Crippen molar-refractivity contribution < 1.29 is 4.74 Å². The second kappa shape index (κ2) is 5.32. The molecule has 0 amide bonds. The van der Waals surface area contributed by atoms with E-state index in [1.54, 1.807) is 25.3 Å². The van der Waals surface area contributed by atoms with Crippen LogP contribution in [0.15, 0.2) is 48.9 Å². The van der Waals surface area contributed by atoms with Gasteiger partial charge in [-0.1, -0.05) is 12.1 Å². The van der Waals surface area contributed by atoms with Crippen molar-refractivity contribution in [2.75, 3.05) is 7.11 Å². The molecule has 0 atom stereocenters. The predicted molar refractivity (Wildman–Crippen MR) is 77.2 cm³/mol. The van der Waals surface area contributed by atoms with Crippen LogP contribution >= 0.6 is 11.9 Å². The average molecular weight is 271 g/mol. The molecule has 0 aliphatic carbocycles. The van der Waals surface area contributed by atoms with Crippen molar-refractivity contribution in [1.82, 2.24) is 13.9 Å². The zero-order valence-electron chi connectivity index (χ0n) is 10.5. The number of ether oxygens (including phenoxy) is 1. The number of fused-ring (bicyclic) bond motifs is 1. The maximum Gasteiger partial charge on any atom is 0.141 e. The van der Waals surface area contributed by atoms with Crippen molar-refractivity contribution in [3.05, 3.63) is 54.6 Å². The van der Waals surface area contributed by atoms with E-state index in [4.69, 9.17) is 4.74 Å². The largest absolute Gasteiger partial charge is 0.495 e. The molecule has 2 heterocycles. The Kier molecular flexibility index (Phi) is 3.37. The van der Waals surface area contributed by atoms with E-state index in [9.17, 15) is 0 Å². The highest BCUT2D eigenvalue weighted by molar-refractivity contribution is 7.97. The number of nitrogens with zero attached hydrogens (tertiary/aromatic N) is 3. The Balaban J connectivity index is 1.82. The molecule has 0 aliphatic rings. The lowest BCUT2D eigenvalue weighted by Crippen LogP contribution is -1.95. The quantitative estimate of drug-likeness (QED) is 0.731. The minimum absolute atomic E-state index is 0.740. The number of rotatable bonds is 4. The van der Waals surface area contributed by atoms with Crippen LogP contribution in [-0.2, 0) is 5.75 Å². The van der Waals surface area contributed by atoms with E-state index in [0.29, 0.717) is 0 Å². The van der Waals surface area contributed by atoms with Gasteiger partial charge in [0.15, 0.2) is 0 Å². The Morgan fingerprint density at radius 1 is 1.16 bits per heavy atom. The Morgan fingerprint density at radius 2 is 2.05 bits per heavy atom. The van der Waals surface area contributed by atoms with E-state index < -0.39 is 0 Å². The fraction of sp³-hybridized carbons (Fsp3) is 0.143. The highest BCUT2D eigenvalue weighted by Gasteiger charge is 2.06. The van der Waals surface area contributed by atoms with Crippen LogP contribution in [0.4, 0.5) is 0 Å². The van der Waals surface area contributed by atoms with Gasteiger partial charge in [0.25, 0.3) is 0 Å². The molecule has 96 valence electrons. The van der Waals surface area contributed by atoms with Gasteiger partial charge >= 0.3 is 0 Å². The molecule has 0 saturated carbocycles. The summed E-state index contributed by atoms with van der Waals surface area (Å²) in [5.41, 5.74) is 3.05. The van der Waals surface area contributed by atoms with Crippen LogP contribution in [0.25, 0.3) is 11.0 Å². The van der Waals surface area contributed by atoms with Crippen molar-refractivity contribution >= 4 is 23.0 Å². The van der Waals surface area contributed by atoms with Crippen LogP contribution in [0.5, 0.6) is 5.75 Å². The first kappa shape index (κ1) is 12.0. The molecule has 3 rings (SSSR count). The molecule has 0 fully saturated rings. The van der Waals surface area contributed by atoms with Crippen LogP contribution < -0.4 is 4.74 Å². The van der Waals surface area contributed by atoms with Gasteiger partial charge in [0.1, 0.15) is 12.1 Å². The molecule has 0 N–H and O–H groups in total. The van der Waals surface area contributed by atoms with E-state index in [1.807, 2.05) is 36.7 Å². The van der Waals surface area contributed by atoms with E-state index in [1.165, 1.54) is 0 Å². The summed E-state index contributed by atoms with van der Waals surface area (Å²) in [6.45, 7) is 0. The van der Waals surface area contributed by atoms with Gasteiger partial charge in [0.05, 0.1) is 29.6 Å². The normalized spacial score (nSPS) is 10.8. The number of hydrogen-bond donors (Lipinski definition) is 0. The second-order valence-electron chi connectivity index (χ2n) is 3.98. The number of imidazole rings is 1. The first-order valence-corrected chi connectivity index (χ1v) is 6.86. The summed E-state index contributed by atoms with van der Waals surface area (Å²) >= 11 is 1.65. The smallest absolute Gasteiger partial charge is 0.141 e. The van der Waals surface area contributed by atoms with Gasteiger partial charge in [-0.3, -0.25) is 8.96 Å². The highest BCUT2D eigenvalue weighted by atomic mass is 32.2. The minimum atomic E-state index is 0.740. The zero-order chi connectivity index (χ0) is 13.1. The van der Waals surface area contributed by atoms with E-state index >= 15 is 0 Å². The Morgan fingerprint density at radius 3 is 2.95 bits per heavy atom. The van der Waals surface area contributed by atoms with Crippen molar-refractivity contribution in [1.29, 1.82) is 0 Å². The summed E-state index contributed by atoms with van der Waals surface area (Å²) in [7, 11) is 1.66. The Labute approximate surface area is 115 Å². The van der Waals surface area contributed by atoms with Crippen LogP contribution in [0.1, 0.15) is 5.69 Å². The summed E-state index contributed by atoms with van der Waals surface area (Å²) < 4.78 is 7.36. The van der Waals surface area contributed by atoms with Crippen molar-refractivity contribution in [3.63, 3.8) is 0 Å². The van der Waals surface area contributed by atoms with Crippen LogP contribution in [0, 0.1) is 0 Å². The highest BCUT2D eigenvalue weighted by Crippen LogP contribution is 2.24. The third-order valence-electron chi connectivity index (χ3n) is 2.83. The number of benzene rings is 1. The van der Waals surface area contributed by atoms with E-state index in [2.05, 4.69) is 20.0 Å². The molecule has 5 heteroatoms. The molecule has 0 unspecified atom stereocenters. The topological polar surface area (TPSA) is 39.9 Å². The zero-order valence-corrected chi connectivity index (χ0v) is 11.3. The van der Waals surface area contributed by atoms with Crippen LogP contribution in [-0.4, -0.2) is 21.1 Å². The molecule has 0 aliphatic heterocycles. The maximum atomic E-state index is 5.30. The fourth-order valence-electron chi connectivity index (χ4n) is 1.89. The van der Waals surface area contributed by atoms with Crippen molar-refractivity contribution in [2.45, 2.75) is 5.75 Å². The number of para-hydroxylation sites is 2. The third-order valence-corrected chi connectivity index (χ3v) is 3.80. The standard InChI is InChI=1S/C14H13N3OS/c1-18-14-7-4-8-15-12(14)9-19-17-10-16-11-5-2-3-6-13(11)17/h2-8,10H,9H2,1H3. The van der Waals surface area contributed by atoms with E-state index in [-0.39, 0.29) is 0 Å². The molecule has 0 radical (unpaired) electrons. The van der Waals surface area contributed by atoms with Gasteiger partial charge in [-0.25, -0.2) is 4.98 Å². The maximum absolute atomic E-state index is 5.30. The lowest BCUT2D eigenvalue weighted by Gasteiger charge is -2.07. The number of hydrogen-bond acceptors (Lipinski definition) is 4. The second-order valence-corrected chi connectivity index (χ2v) is 4.93. The SMILES string of the molecule is COc1cccnc1CSn1cnc2ccccc21. The molecule has 0 spiro atoms. The van der Waals surface area contributed by atoms with Gasteiger partial charge in [0.2, 0.25) is 0 Å². The Hall–Kier alpha value is -2.01. The van der Waals surface area contributed by atoms with Gasteiger partial charge in [-0.05, 0) is 36.2 Å². The van der Waals surface area contributed by atoms with Crippen molar-refractivity contribution in [3.8, 4) is 5.75 Å². The van der Waals surface area contributed by atoms with Crippen LogP contribution in [0.3, 0.4) is 0 Å². The molecular formula is C14H13N3OS. The number of methoxy groups -OCH3 is 1. The summed E-state index contributed by atoms with van der Waals surface area (Å²) in [4.78, 5) is 8.71. The summed E-state index contributed by atoms with van der Waals surface area (Å²) in [6, 6.07) is 11.9. The molecule has 0 bridgehead atoms. The lowest BCUT2D eigenvalue weighted by atomic mass is 10.3. The summed E-state index contributed by atoms with van der Waals surface area (Å²) in [5.74, 6) is 1.56. The molecule has 1 aromatic carbocycles. The van der Waals surface area contributed by atoms with Gasteiger partial charge in [-0.15, -0.1) is 0 Å². The first-order valence-electron chi connectivity index (χ1n) is 5.92. The first-order chi connectivity index (χ1) is 9.38. The average Bonchev–Trinajstić information content (AvgIpc) is 2.89. The third kappa shape index (κ3) is 2.42. The molecule has 3 aromatic rings. The van der Waals surface area contributed by atoms with Gasteiger partial charge in [-0.2, -0.15) is 0 Å². The molecule has 19 heavy (non-hydrogen) atoms. The van der Waals surface area contributed by atoms with Crippen molar-refractivity contribution in [2.24, 2.45) is 0 Å². The Bertz CT molecular complexity index is 696. The number of aromatic nitrogens is 3. The molecule has 4 nitrogen and oxygen atoms in total. The predicted octanol–water partition coefficient (Wildman–Crippen LogP) is 3.14. The fourth-order valence-corrected chi connectivity index (χ4v) is 2.77. The number of pyridine rings is 1. The lowest BCUT2D eigenvalue weighted by molar-refractivity contribution is 0.409. The minimum Gasteiger partial charge on any atom is -0.495 e. The molecule has 0 saturated heterocycles.